The summed E-state index contributed by atoms with van der Waals surface area (Å²) in [7, 11) is 3.76. The van der Waals surface area contributed by atoms with Crippen LogP contribution < -0.4 is 10.1 Å². The zero-order valence-corrected chi connectivity index (χ0v) is 12.4. The van der Waals surface area contributed by atoms with Crippen LogP contribution in [0.3, 0.4) is 0 Å². The van der Waals surface area contributed by atoms with Gasteiger partial charge in [0.1, 0.15) is 5.75 Å². The number of nitrogens with one attached hydrogen (secondary N) is 1. The van der Waals surface area contributed by atoms with Crippen LogP contribution >= 0.6 is 11.6 Å². The van der Waals surface area contributed by atoms with Gasteiger partial charge >= 0.3 is 0 Å². The monoisotopic (exact) mass is 279 g/mol. The molecule has 1 aromatic heterocycles. The molecule has 5 heteroatoms. The van der Waals surface area contributed by atoms with Gasteiger partial charge < -0.3 is 10.1 Å². The van der Waals surface area contributed by atoms with Gasteiger partial charge in [-0.2, -0.15) is 5.10 Å². The van der Waals surface area contributed by atoms with E-state index < -0.39 is 0 Å². The Labute approximate surface area is 118 Å². The van der Waals surface area contributed by atoms with Crippen molar-refractivity contribution in [2.75, 3.05) is 7.05 Å². The summed E-state index contributed by atoms with van der Waals surface area (Å²) in [6.45, 7) is 4.68. The van der Waals surface area contributed by atoms with Crippen LogP contribution in [0, 0.1) is 13.8 Å². The maximum absolute atomic E-state index is 6.16. The zero-order chi connectivity index (χ0) is 14.0. The molecule has 102 valence electrons. The second kappa shape index (κ2) is 5.63. The molecule has 19 heavy (non-hydrogen) atoms. The summed E-state index contributed by atoms with van der Waals surface area (Å²) in [5.41, 5.74) is 3.10. The molecule has 0 bridgehead atoms. The lowest BCUT2D eigenvalue weighted by atomic mass is 10.2. The van der Waals surface area contributed by atoms with Crippen LogP contribution in [0.1, 0.15) is 16.8 Å². The Morgan fingerprint density at radius 2 is 2.11 bits per heavy atom. The Balaban J connectivity index is 2.40. The molecule has 1 aromatic carbocycles. The van der Waals surface area contributed by atoms with Gasteiger partial charge in [-0.15, -0.1) is 0 Å². The number of aryl methyl sites for hydroxylation is 3. The van der Waals surface area contributed by atoms with E-state index in [1.807, 2.05) is 46.1 Å². The average molecular weight is 280 g/mol. The number of aromatic nitrogens is 2. The molecule has 1 N–H and O–H groups in total. The van der Waals surface area contributed by atoms with Crippen molar-refractivity contribution in [3.05, 3.63) is 40.0 Å². The van der Waals surface area contributed by atoms with Gasteiger partial charge in [0, 0.05) is 13.6 Å². The first kappa shape index (κ1) is 13.9. The SMILES string of the molecule is CNCc1c(C)nn(C)c1Oc1cc(C)ccc1Cl. The lowest BCUT2D eigenvalue weighted by molar-refractivity contribution is 0.424. The van der Waals surface area contributed by atoms with E-state index >= 15 is 0 Å². The van der Waals surface area contributed by atoms with Crippen molar-refractivity contribution in [2.45, 2.75) is 20.4 Å². The number of hydrogen-bond acceptors (Lipinski definition) is 3. The number of halogens is 1. The average Bonchev–Trinajstić information content (AvgIpc) is 2.61. The van der Waals surface area contributed by atoms with Crippen molar-refractivity contribution < 1.29 is 4.74 Å². The highest BCUT2D eigenvalue weighted by Gasteiger charge is 2.16. The Bertz CT molecular complexity index is 593. The Morgan fingerprint density at radius 1 is 1.37 bits per heavy atom. The van der Waals surface area contributed by atoms with Gasteiger partial charge in [-0.25, -0.2) is 4.68 Å². The molecule has 0 atom stereocenters. The third-order valence-corrected chi connectivity index (χ3v) is 3.25. The van der Waals surface area contributed by atoms with Gasteiger partial charge in [0.15, 0.2) is 0 Å². The smallest absolute Gasteiger partial charge is 0.222 e. The number of ether oxygens (including phenoxy) is 1. The van der Waals surface area contributed by atoms with Gasteiger partial charge in [-0.1, -0.05) is 17.7 Å². The minimum Gasteiger partial charge on any atom is -0.437 e. The lowest BCUT2D eigenvalue weighted by Crippen LogP contribution is -2.07. The number of rotatable bonds is 4. The normalized spacial score (nSPS) is 10.8. The Morgan fingerprint density at radius 3 is 2.79 bits per heavy atom. The minimum absolute atomic E-state index is 0.597. The molecular weight excluding hydrogens is 262 g/mol. The fourth-order valence-corrected chi connectivity index (χ4v) is 2.14. The molecule has 0 radical (unpaired) electrons. The van der Waals surface area contributed by atoms with Crippen LogP contribution in [0.25, 0.3) is 0 Å². The van der Waals surface area contributed by atoms with Crippen LogP contribution in [-0.4, -0.2) is 16.8 Å². The molecule has 2 aromatic rings. The number of hydrogen-bond donors (Lipinski definition) is 1. The van der Waals surface area contributed by atoms with Gasteiger partial charge in [-0.3, -0.25) is 0 Å². The predicted molar refractivity (Wildman–Crippen MR) is 77.0 cm³/mol. The van der Waals surface area contributed by atoms with Crippen molar-refractivity contribution in [1.29, 1.82) is 0 Å². The van der Waals surface area contributed by atoms with E-state index in [1.165, 1.54) is 0 Å². The molecule has 0 aliphatic carbocycles. The topological polar surface area (TPSA) is 39.1 Å². The molecule has 0 aliphatic heterocycles. The summed E-state index contributed by atoms with van der Waals surface area (Å²) in [5.74, 6) is 1.38. The maximum atomic E-state index is 6.16. The van der Waals surface area contributed by atoms with Gasteiger partial charge in [0.25, 0.3) is 0 Å². The van der Waals surface area contributed by atoms with Crippen LogP contribution in [-0.2, 0) is 13.6 Å². The van der Waals surface area contributed by atoms with E-state index in [1.54, 1.807) is 4.68 Å². The van der Waals surface area contributed by atoms with Gasteiger partial charge in [0.05, 0.1) is 16.3 Å². The molecule has 0 amide bonds. The molecular formula is C14H18ClN3O. The highest BCUT2D eigenvalue weighted by molar-refractivity contribution is 6.32. The lowest BCUT2D eigenvalue weighted by Gasteiger charge is -2.10. The fourth-order valence-electron chi connectivity index (χ4n) is 1.98. The second-order valence-electron chi connectivity index (χ2n) is 4.56. The van der Waals surface area contributed by atoms with Crippen LogP contribution in [0.4, 0.5) is 0 Å². The second-order valence-corrected chi connectivity index (χ2v) is 4.97. The van der Waals surface area contributed by atoms with E-state index in [4.69, 9.17) is 16.3 Å². The molecule has 0 fully saturated rings. The summed E-state index contributed by atoms with van der Waals surface area (Å²) in [5, 5.41) is 8.11. The summed E-state index contributed by atoms with van der Waals surface area (Å²) in [6.07, 6.45) is 0. The third kappa shape index (κ3) is 2.91. The van der Waals surface area contributed by atoms with Crippen LogP contribution in [0.5, 0.6) is 11.6 Å². The first-order valence-electron chi connectivity index (χ1n) is 6.14. The van der Waals surface area contributed by atoms with Crippen molar-refractivity contribution in [3.63, 3.8) is 0 Å². The van der Waals surface area contributed by atoms with E-state index in [-0.39, 0.29) is 0 Å². The number of nitrogens with zero attached hydrogens (tertiary/aromatic N) is 2. The largest absolute Gasteiger partial charge is 0.437 e. The molecule has 2 rings (SSSR count). The summed E-state index contributed by atoms with van der Waals surface area (Å²) in [4.78, 5) is 0. The highest BCUT2D eigenvalue weighted by Crippen LogP contribution is 2.32. The molecule has 0 saturated heterocycles. The standard InChI is InChI=1S/C14H18ClN3O/c1-9-5-6-12(15)13(7-9)19-14-11(8-16-3)10(2)17-18(14)4/h5-7,16H,8H2,1-4H3. The molecule has 4 nitrogen and oxygen atoms in total. The van der Waals surface area contributed by atoms with Crippen molar-refractivity contribution in [1.82, 2.24) is 15.1 Å². The molecule has 0 saturated carbocycles. The highest BCUT2D eigenvalue weighted by atomic mass is 35.5. The summed E-state index contributed by atoms with van der Waals surface area (Å²) in [6, 6.07) is 5.72. The summed E-state index contributed by atoms with van der Waals surface area (Å²) >= 11 is 6.16. The Kier molecular flexibility index (Phi) is 4.12. The first-order valence-corrected chi connectivity index (χ1v) is 6.51. The zero-order valence-electron chi connectivity index (χ0n) is 11.6. The third-order valence-electron chi connectivity index (χ3n) is 2.94. The minimum atomic E-state index is 0.597. The molecule has 0 aliphatic rings. The quantitative estimate of drug-likeness (QED) is 0.934. The van der Waals surface area contributed by atoms with E-state index in [0.717, 1.165) is 22.7 Å². The van der Waals surface area contributed by atoms with E-state index in [9.17, 15) is 0 Å². The van der Waals surface area contributed by atoms with Gasteiger partial charge in [0.2, 0.25) is 5.88 Å². The van der Waals surface area contributed by atoms with Crippen molar-refractivity contribution >= 4 is 11.6 Å². The molecule has 0 spiro atoms. The predicted octanol–water partition coefficient (Wildman–Crippen LogP) is 3.20. The number of benzene rings is 1. The maximum Gasteiger partial charge on any atom is 0.222 e. The molecule has 0 unspecified atom stereocenters. The van der Waals surface area contributed by atoms with Crippen molar-refractivity contribution in [2.24, 2.45) is 7.05 Å². The first-order chi connectivity index (χ1) is 9.02. The molecule has 1 heterocycles. The van der Waals surface area contributed by atoms with Gasteiger partial charge in [-0.05, 0) is 38.6 Å². The van der Waals surface area contributed by atoms with Crippen LogP contribution in [0.2, 0.25) is 5.02 Å². The Hall–Kier alpha value is -1.52. The van der Waals surface area contributed by atoms with Crippen LogP contribution in [0.15, 0.2) is 18.2 Å². The van der Waals surface area contributed by atoms with E-state index in [0.29, 0.717) is 17.3 Å². The summed E-state index contributed by atoms with van der Waals surface area (Å²) < 4.78 is 7.69. The fraction of sp³-hybridized carbons (Fsp3) is 0.357. The van der Waals surface area contributed by atoms with Crippen molar-refractivity contribution in [3.8, 4) is 11.6 Å². The van der Waals surface area contributed by atoms with E-state index in [2.05, 4.69) is 10.4 Å².